The molecule has 0 radical (unpaired) electrons. The Hall–Kier alpha value is -0.570. The molecular formula is C6H9NOS. The van der Waals surface area contributed by atoms with Crippen LogP contribution in [-0.2, 0) is 6.42 Å². The fourth-order valence-electron chi connectivity index (χ4n) is 0.551. The van der Waals surface area contributed by atoms with Crippen molar-refractivity contribution in [1.82, 2.24) is 4.98 Å². The van der Waals surface area contributed by atoms with Gasteiger partial charge in [-0.3, -0.25) is 0 Å². The minimum atomic E-state index is 0.895. The van der Waals surface area contributed by atoms with E-state index in [1.807, 2.05) is 0 Å². The molecule has 0 aliphatic rings. The number of ether oxygens (including phenoxy) is 1. The molecule has 1 aromatic heterocycles. The molecule has 0 bridgehead atoms. The SMILES string of the molecule is CCc1ncc(OC)s1. The summed E-state index contributed by atoms with van der Waals surface area (Å²) in [5.74, 6) is 0. The van der Waals surface area contributed by atoms with Crippen molar-refractivity contribution in [2.24, 2.45) is 0 Å². The number of aryl methyl sites for hydroxylation is 1. The van der Waals surface area contributed by atoms with Crippen LogP contribution >= 0.6 is 11.3 Å². The summed E-state index contributed by atoms with van der Waals surface area (Å²) in [4.78, 5) is 4.10. The zero-order chi connectivity index (χ0) is 6.69. The summed E-state index contributed by atoms with van der Waals surface area (Å²) in [6.45, 7) is 2.08. The quantitative estimate of drug-likeness (QED) is 0.628. The number of hydrogen-bond acceptors (Lipinski definition) is 3. The fraction of sp³-hybridized carbons (Fsp3) is 0.500. The van der Waals surface area contributed by atoms with E-state index in [2.05, 4.69) is 11.9 Å². The average Bonchev–Trinajstić information content (AvgIpc) is 2.34. The third kappa shape index (κ3) is 1.42. The van der Waals surface area contributed by atoms with Crippen molar-refractivity contribution in [3.05, 3.63) is 11.2 Å². The number of thiazole rings is 1. The number of rotatable bonds is 2. The lowest BCUT2D eigenvalue weighted by Gasteiger charge is -1.86. The Morgan fingerprint density at radius 2 is 2.56 bits per heavy atom. The second-order valence-electron chi connectivity index (χ2n) is 1.63. The van der Waals surface area contributed by atoms with Crippen LogP contribution < -0.4 is 4.74 Å². The lowest BCUT2D eigenvalue weighted by Crippen LogP contribution is -1.73. The highest BCUT2D eigenvalue weighted by Crippen LogP contribution is 2.20. The second kappa shape index (κ2) is 2.82. The van der Waals surface area contributed by atoms with Gasteiger partial charge in [0.25, 0.3) is 0 Å². The van der Waals surface area contributed by atoms with Crippen molar-refractivity contribution < 1.29 is 4.74 Å². The Kier molecular flexibility index (Phi) is 2.05. The summed E-state index contributed by atoms with van der Waals surface area (Å²) in [5, 5.41) is 2.03. The summed E-state index contributed by atoms with van der Waals surface area (Å²) in [6.07, 6.45) is 2.75. The number of hydrogen-bond donors (Lipinski definition) is 0. The van der Waals surface area contributed by atoms with Gasteiger partial charge < -0.3 is 4.74 Å². The molecule has 0 aliphatic heterocycles. The Balaban J connectivity index is 2.74. The first-order valence-electron chi connectivity index (χ1n) is 2.85. The third-order valence-corrected chi connectivity index (χ3v) is 2.14. The van der Waals surface area contributed by atoms with Crippen molar-refractivity contribution in [2.75, 3.05) is 7.11 Å². The number of aromatic nitrogens is 1. The van der Waals surface area contributed by atoms with E-state index in [1.54, 1.807) is 24.6 Å². The molecule has 0 fully saturated rings. The predicted molar refractivity (Wildman–Crippen MR) is 38.0 cm³/mol. The van der Waals surface area contributed by atoms with Crippen LogP contribution in [0.4, 0.5) is 0 Å². The van der Waals surface area contributed by atoms with E-state index in [9.17, 15) is 0 Å². The van der Waals surface area contributed by atoms with Crippen molar-refractivity contribution in [3.8, 4) is 5.06 Å². The normalized spacial score (nSPS) is 9.56. The van der Waals surface area contributed by atoms with Crippen LogP contribution in [-0.4, -0.2) is 12.1 Å². The van der Waals surface area contributed by atoms with Gasteiger partial charge in [0, 0.05) is 0 Å². The van der Waals surface area contributed by atoms with Crippen molar-refractivity contribution in [1.29, 1.82) is 0 Å². The molecule has 0 saturated heterocycles. The van der Waals surface area contributed by atoms with Crippen LogP contribution in [0.15, 0.2) is 6.20 Å². The van der Waals surface area contributed by atoms with Gasteiger partial charge >= 0.3 is 0 Å². The maximum atomic E-state index is 4.95. The lowest BCUT2D eigenvalue weighted by molar-refractivity contribution is 0.426. The topological polar surface area (TPSA) is 22.1 Å². The van der Waals surface area contributed by atoms with E-state index < -0.39 is 0 Å². The second-order valence-corrected chi connectivity index (χ2v) is 2.71. The molecule has 0 spiro atoms. The highest BCUT2D eigenvalue weighted by molar-refractivity contribution is 7.13. The van der Waals surface area contributed by atoms with Gasteiger partial charge in [-0.1, -0.05) is 18.3 Å². The first-order chi connectivity index (χ1) is 4.36. The van der Waals surface area contributed by atoms with E-state index in [1.165, 1.54) is 0 Å². The van der Waals surface area contributed by atoms with Gasteiger partial charge in [-0.05, 0) is 6.42 Å². The molecule has 0 unspecified atom stereocenters. The van der Waals surface area contributed by atoms with Crippen LogP contribution in [0.5, 0.6) is 5.06 Å². The maximum absolute atomic E-state index is 4.95. The molecule has 3 heteroatoms. The zero-order valence-corrected chi connectivity index (χ0v) is 6.36. The molecule has 1 heterocycles. The number of methoxy groups -OCH3 is 1. The smallest absolute Gasteiger partial charge is 0.193 e. The molecule has 0 N–H and O–H groups in total. The molecule has 2 nitrogen and oxygen atoms in total. The summed E-state index contributed by atoms with van der Waals surface area (Å²) >= 11 is 1.60. The van der Waals surface area contributed by atoms with Gasteiger partial charge in [0.15, 0.2) is 5.06 Å². The van der Waals surface area contributed by atoms with Crippen molar-refractivity contribution >= 4 is 11.3 Å². The van der Waals surface area contributed by atoms with E-state index in [-0.39, 0.29) is 0 Å². The lowest BCUT2D eigenvalue weighted by atomic mass is 10.5. The van der Waals surface area contributed by atoms with E-state index in [0.717, 1.165) is 16.5 Å². The highest BCUT2D eigenvalue weighted by atomic mass is 32.1. The summed E-state index contributed by atoms with van der Waals surface area (Å²) < 4.78 is 4.95. The Bertz CT molecular complexity index is 166. The minimum Gasteiger partial charge on any atom is -0.486 e. The van der Waals surface area contributed by atoms with Crippen LogP contribution in [0.1, 0.15) is 11.9 Å². The zero-order valence-electron chi connectivity index (χ0n) is 5.55. The van der Waals surface area contributed by atoms with Crippen LogP contribution in [0.3, 0.4) is 0 Å². The monoisotopic (exact) mass is 143 g/mol. The van der Waals surface area contributed by atoms with Crippen molar-refractivity contribution in [2.45, 2.75) is 13.3 Å². The molecule has 0 saturated carbocycles. The van der Waals surface area contributed by atoms with Gasteiger partial charge in [-0.25, -0.2) is 4.98 Å². The molecule has 0 aromatic carbocycles. The van der Waals surface area contributed by atoms with Crippen LogP contribution in [0.25, 0.3) is 0 Å². The minimum absolute atomic E-state index is 0.895. The molecule has 0 aliphatic carbocycles. The third-order valence-electron chi connectivity index (χ3n) is 1.04. The number of nitrogens with zero attached hydrogens (tertiary/aromatic N) is 1. The first kappa shape index (κ1) is 6.55. The molecular weight excluding hydrogens is 134 g/mol. The molecule has 50 valence electrons. The van der Waals surface area contributed by atoms with Gasteiger partial charge in [0.05, 0.1) is 18.3 Å². The summed E-state index contributed by atoms with van der Waals surface area (Å²) in [6, 6.07) is 0. The first-order valence-corrected chi connectivity index (χ1v) is 3.67. The molecule has 9 heavy (non-hydrogen) atoms. The van der Waals surface area contributed by atoms with E-state index in [4.69, 9.17) is 4.74 Å². The van der Waals surface area contributed by atoms with E-state index in [0.29, 0.717) is 0 Å². The van der Waals surface area contributed by atoms with Gasteiger partial charge in [0.2, 0.25) is 0 Å². The average molecular weight is 143 g/mol. The van der Waals surface area contributed by atoms with Crippen LogP contribution in [0, 0.1) is 0 Å². The maximum Gasteiger partial charge on any atom is 0.193 e. The van der Waals surface area contributed by atoms with E-state index >= 15 is 0 Å². The Morgan fingerprint density at radius 3 is 2.89 bits per heavy atom. The standard InChI is InChI=1S/C6H9NOS/c1-3-5-7-4-6(8-2)9-5/h4H,3H2,1-2H3. The van der Waals surface area contributed by atoms with Gasteiger partial charge in [-0.2, -0.15) is 0 Å². The van der Waals surface area contributed by atoms with Gasteiger partial charge in [-0.15, -0.1) is 0 Å². The van der Waals surface area contributed by atoms with Gasteiger partial charge in [0.1, 0.15) is 0 Å². The highest BCUT2D eigenvalue weighted by Gasteiger charge is 1.96. The predicted octanol–water partition coefficient (Wildman–Crippen LogP) is 1.71. The molecule has 1 rings (SSSR count). The fourth-order valence-corrected chi connectivity index (χ4v) is 1.22. The molecule has 0 amide bonds. The van der Waals surface area contributed by atoms with Crippen molar-refractivity contribution in [3.63, 3.8) is 0 Å². The Morgan fingerprint density at radius 1 is 1.78 bits per heavy atom. The largest absolute Gasteiger partial charge is 0.486 e. The summed E-state index contributed by atoms with van der Waals surface area (Å²) in [7, 11) is 1.66. The molecule has 0 atom stereocenters. The molecule has 1 aromatic rings. The summed E-state index contributed by atoms with van der Waals surface area (Å²) in [5.41, 5.74) is 0. The Labute approximate surface area is 58.5 Å². The van der Waals surface area contributed by atoms with Crippen LogP contribution in [0.2, 0.25) is 0 Å².